The minimum atomic E-state index is -1.74. The molecule has 0 amide bonds. The lowest BCUT2D eigenvalue weighted by Crippen LogP contribution is -2.34. The van der Waals surface area contributed by atoms with Crippen LogP contribution in [0.3, 0.4) is 0 Å². The number of tetrazole rings is 1. The van der Waals surface area contributed by atoms with Crippen LogP contribution in [0.1, 0.15) is 56.0 Å². The zero-order chi connectivity index (χ0) is 38.7. The zero-order valence-corrected chi connectivity index (χ0v) is 29.6. The van der Waals surface area contributed by atoms with Crippen molar-refractivity contribution in [1.82, 2.24) is 41.0 Å². The molecule has 3 aromatic carbocycles. The van der Waals surface area contributed by atoms with Crippen LogP contribution in [0, 0.1) is 0 Å². The molecular weight excluding hydrogens is 712 g/mol. The third-order valence-corrected chi connectivity index (χ3v) is 7.77. The van der Waals surface area contributed by atoms with Crippen LogP contribution in [-0.2, 0) is 30.4 Å². The van der Waals surface area contributed by atoms with E-state index in [-0.39, 0.29) is 18.6 Å². The number of carbonyl (C=O) groups excluding carboxylic acids is 2. The monoisotopic (exact) mass is 752 g/mol. The van der Waals surface area contributed by atoms with Crippen LogP contribution in [0.5, 0.6) is 6.01 Å². The van der Waals surface area contributed by atoms with E-state index in [2.05, 4.69) is 35.3 Å². The van der Waals surface area contributed by atoms with Gasteiger partial charge in [-0.05, 0) is 60.2 Å². The molecule has 0 radical (unpaired) electrons. The number of hydrogen-bond donors (Lipinski definition) is 5. The lowest BCUT2D eigenvalue weighted by molar-refractivity contribution is -0.527. The quantitative estimate of drug-likeness (QED) is 0.0324. The summed E-state index contributed by atoms with van der Waals surface area (Å²) in [7, 11) is 0. The summed E-state index contributed by atoms with van der Waals surface area (Å²) in [6, 6.07) is 20.9. The van der Waals surface area contributed by atoms with Gasteiger partial charge in [0.05, 0.1) is 47.1 Å². The Balaban J connectivity index is 1.24. The highest BCUT2D eigenvalue weighted by Crippen LogP contribution is 2.31. The van der Waals surface area contributed by atoms with Gasteiger partial charge in [-0.3, -0.25) is 25.4 Å². The lowest BCUT2D eigenvalue weighted by Gasteiger charge is -2.24. The molecule has 0 saturated heterocycles. The number of carbonyl (C=O) groups is 2. The Morgan fingerprint density at radius 3 is 2.37 bits per heavy atom. The second-order valence-electron chi connectivity index (χ2n) is 12.1. The summed E-state index contributed by atoms with van der Waals surface area (Å²) in [6.45, 7) is 4.70. The number of H-pyrrole nitrogens is 1. The standard InChI is InChI=1S/C34H40N8O12/c1-4-49-32-35-28-14-9-13-27(31(43)52-34(2,3)53-33(44)50-19-8-7-10-24(54-42(47)48)21-51-41(45)46)29(28)40(32)20-22-15-17-23(18-16-22)25-11-5-6-12-26(25)30-36-38-39-37-30/h5-6,9,11-18,24,45-48H,4,7-8,10,19-21H2,1-3H3,(H,36,37,38,39). The van der Waals surface area contributed by atoms with Crippen molar-refractivity contribution in [3.8, 4) is 28.5 Å². The summed E-state index contributed by atoms with van der Waals surface area (Å²) >= 11 is 0. The maximum Gasteiger partial charge on any atom is 0.511 e. The van der Waals surface area contributed by atoms with Gasteiger partial charge in [0.2, 0.25) is 5.82 Å². The van der Waals surface area contributed by atoms with Crippen LogP contribution < -0.4 is 4.74 Å². The first-order valence-electron chi connectivity index (χ1n) is 16.7. The number of aromatic nitrogens is 6. The van der Waals surface area contributed by atoms with Crippen molar-refractivity contribution in [3.63, 3.8) is 0 Å². The molecule has 0 bridgehead atoms. The van der Waals surface area contributed by atoms with Gasteiger partial charge < -0.3 is 18.9 Å². The van der Waals surface area contributed by atoms with Gasteiger partial charge in [-0.2, -0.15) is 10.2 Å². The summed E-state index contributed by atoms with van der Waals surface area (Å²) in [5, 5.41) is 48.4. The number of benzene rings is 3. The van der Waals surface area contributed by atoms with E-state index in [1.807, 2.05) is 55.5 Å². The zero-order valence-electron chi connectivity index (χ0n) is 29.6. The average Bonchev–Trinajstić information content (AvgIpc) is 3.79. The number of nitrogens with one attached hydrogen (secondary N) is 1. The molecule has 0 aliphatic carbocycles. The second kappa shape index (κ2) is 18.4. The average molecular weight is 753 g/mol. The molecule has 0 fully saturated rings. The molecule has 0 aliphatic rings. The van der Waals surface area contributed by atoms with Crippen LogP contribution in [0.2, 0.25) is 0 Å². The Labute approximate surface area is 307 Å². The minimum Gasteiger partial charge on any atom is -0.465 e. The van der Waals surface area contributed by atoms with Crippen LogP contribution in [-0.4, -0.2) is 106 Å². The first-order valence-corrected chi connectivity index (χ1v) is 16.7. The van der Waals surface area contributed by atoms with Crippen molar-refractivity contribution in [2.75, 3.05) is 19.8 Å². The number of rotatable bonds is 19. The van der Waals surface area contributed by atoms with E-state index in [9.17, 15) is 9.59 Å². The van der Waals surface area contributed by atoms with Crippen LogP contribution >= 0.6 is 0 Å². The van der Waals surface area contributed by atoms with Gasteiger partial charge >= 0.3 is 12.1 Å². The number of unbranched alkanes of at least 4 members (excludes halogenated alkanes) is 1. The number of nitrogens with zero attached hydrogens (tertiary/aromatic N) is 7. The number of hydrogen-bond acceptors (Lipinski definition) is 18. The molecule has 1 atom stereocenters. The van der Waals surface area contributed by atoms with E-state index in [1.165, 1.54) is 13.8 Å². The summed E-state index contributed by atoms with van der Waals surface area (Å²) in [6.07, 6.45) is -1.29. The van der Waals surface area contributed by atoms with Crippen molar-refractivity contribution in [3.05, 3.63) is 77.9 Å². The minimum absolute atomic E-state index is 0.102. The Kier molecular flexibility index (Phi) is 13.5. The molecule has 20 heteroatoms. The first kappa shape index (κ1) is 39.6. The molecule has 0 aliphatic heterocycles. The third kappa shape index (κ3) is 10.7. The van der Waals surface area contributed by atoms with Crippen LogP contribution in [0.25, 0.3) is 33.5 Å². The number of imidazole rings is 1. The van der Waals surface area contributed by atoms with Crippen molar-refractivity contribution in [2.24, 2.45) is 0 Å². The molecule has 288 valence electrons. The maximum atomic E-state index is 13.6. The molecule has 54 heavy (non-hydrogen) atoms. The van der Waals surface area contributed by atoms with Gasteiger partial charge in [-0.15, -0.1) is 10.2 Å². The van der Waals surface area contributed by atoms with Gasteiger partial charge in [0.15, 0.2) is 0 Å². The maximum absolute atomic E-state index is 13.6. The second-order valence-corrected chi connectivity index (χ2v) is 12.1. The summed E-state index contributed by atoms with van der Waals surface area (Å²) in [4.78, 5) is 39.8. The SMILES string of the molecule is CCOc1nc2cccc(C(=O)OC(C)(C)OC(=O)OCCCCC(CON(O)O)ON(O)O)c2n1Cc1ccc(-c2ccccc2-c2nn[nH]n2)cc1. The Bertz CT molecular complexity index is 1970. The smallest absolute Gasteiger partial charge is 0.465 e. The third-order valence-electron chi connectivity index (χ3n) is 7.77. The fraction of sp³-hybridized carbons (Fsp3) is 0.353. The van der Waals surface area contributed by atoms with E-state index in [0.717, 1.165) is 22.3 Å². The fourth-order valence-electron chi connectivity index (χ4n) is 5.50. The predicted molar refractivity (Wildman–Crippen MR) is 182 cm³/mol. The summed E-state index contributed by atoms with van der Waals surface area (Å²) < 4.78 is 23.7. The van der Waals surface area contributed by atoms with Gasteiger partial charge in [0.25, 0.3) is 11.8 Å². The number of aromatic amines is 1. The highest BCUT2D eigenvalue weighted by atomic mass is 17.1. The molecule has 2 heterocycles. The molecule has 20 nitrogen and oxygen atoms in total. The normalized spacial score (nSPS) is 12.3. The van der Waals surface area contributed by atoms with Crippen LogP contribution in [0.4, 0.5) is 4.79 Å². The van der Waals surface area contributed by atoms with E-state index in [1.54, 1.807) is 22.8 Å². The lowest BCUT2D eigenvalue weighted by atomic mass is 9.98. The topological polar surface area (TPSA) is 249 Å². The van der Waals surface area contributed by atoms with Gasteiger partial charge in [0, 0.05) is 19.4 Å². The van der Waals surface area contributed by atoms with E-state index < -0.39 is 41.4 Å². The number of ether oxygens (including phenoxy) is 4. The highest BCUT2D eigenvalue weighted by molar-refractivity contribution is 6.02. The van der Waals surface area contributed by atoms with Crippen molar-refractivity contribution < 1.29 is 59.0 Å². The molecule has 5 N–H and O–H groups in total. The van der Waals surface area contributed by atoms with Crippen molar-refractivity contribution in [1.29, 1.82) is 0 Å². The van der Waals surface area contributed by atoms with E-state index in [4.69, 9.17) is 39.8 Å². The Morgan fingerprint density at radius 2 is 1.69 bits per heavy atom. The molecule has 0 spiro atoms. The first-order chi connectivity index (χ1) is 25.9. The van der Waals surface area contributed by atoms with Gasteiger partial charge in [0.1, 0.15) is 12.7 Å². The Morgan fingerprint density at radius 1 is 0.926 bits per heavy atom. The fourth-order valence-corrected chi connectivity index (χ4v) is 5.50. The molecule has 1 unspecified atom stereocenters. The van der Waals surface area contributed by atoms with Crippen molar-refractivity contribution in [2.45, 2.75) is 58.5 Å². The van der Waals surface area contributed by atoms with E-state index >= 15 is 0 Å². The summed E-state index contributed by atoms with van der Waals surface area (Å²) in [5.74, 6) is -2.04. The molecular formula is C34H40N8O12. The molecule has 5 aromatic rings. The number of para-hydroxylation sites is 1. The number of esters is 1. The molecule has 5 rings (SSSR count). The van der Waals surface area contributed by atoms with Crippen molar-refractivity contribution >= 4 is 23.2 Å². The number of fused-ring (bicyclic) bond motifs is 1. The van der Waals surface area contributed by atoms with E-state index in [0.29, 0.717) is 48.9 Å². The van der Waals surface area contributed by atoms with Crippen LogP contribution in [0.15, 0.2) is 66.7 Å². The van der Waals surface area contributed by atoms with Gasteiger partial charge in [-0.1, -0.05) is 54.6 Å². The summed E-state index contributed by atoms with van der Waals surface area (Å²) in [5.41, 5.74) is 4.70. The molecule has 0 saturated carbocycles. The highest BCUT2D eigenvalue weighted by Gasteiger charge is 2.31. The largest absolute Gasteiger partial charge is 0.511 e. The molecule has 2 aromatic heterocycles. The van der Waals surface area contributed by atoms with Gasteiger partial charge in [-0.25, -0.2) is 19.3 Å². The Hall–Kier alpha value is -5.58. The predicted octanol–water partition coefficient (Wildman–Crippen LogP) is 4.94.